The van der Waals surface area contributed by atoms with Gasteiger partial charge in [-0.15, -0.1) is 0 Å². The Balaban J connectivity index is 1.29. The zero-order valence-electron chi connectivity index (χ0n) is 34.7. The van der Waals surface area contributed by atoms with E-state index in [0.717, 1.165) is 19.3 Å². The van der Waals surface area contributed by atoms with E-state index in [1.54, 1.807) is 21.3 Å². The second-order valence-corrected chi connectivity index (χ2v) is 17.3. The molecule has 6 aliphatic rings. The number of methoxy groups -OCH3 is 3. The molecular formula is C41H66N4O11. The largest absolute Gasteiger partial charge is 0.462 e. The highest BCUT2D eigenvalue weighted by Crippen LogP contribution is 2.58. The predicted molar refractivity (Wildman–Crippen MR) is 204 cm³/mol. The van der Waals surface area contributed by atoms with E-state index in [2.05, 4.69) is 35.9 Å². The molecule has 0 radical (unpaired) electrons. The zero-order valence-corrected chi connectivity index (χ0v) is 34.7. The monoisotopic (exact) mass is 790 g/mol. The lowest BCUT2D eigenvalue weighted by atomic mass is 9.62. The molecule has 3 aliphatic carbocycles. The molecule has 0 aromatic rings. The fourth-order valence-corrected chi connectivity index (χ4v) is 11.2. The Bertz CT molecular complexity index is 1440. The molecule has 0 amide bonds. The van der Waals surface area contributed by atoms with Crippen LogP contribution in [0, 0.1) is 35.5 Å². The Morgan fingerprint density at radius 3 is 2.29 bits per heavy atom. The fraction of sp³-hybridized carbons (Fsp3) is 0.902. The number of Topliss-reactive ketones (excluding diaryl/α,β-unsaturated/α-hetero) is 1. The molecule has 1 N–H and O–H groups in total. The summed E-state index contributed by atoms with van der Waals surface area (Å²) in [5, 5.41) is 16.2. The van der Waals surface area contributed by atoms with E-state index >= 15 is 0 Å². The number of aliphatic hydroxyl groups excluding tert-OH is 1. The lowest BCUT2D eigenvalue weighted by molar-refractivity contribution is -0.314. The van der Waals surface area contributed by atoms with E-state index in [-0.39, 0.29) is 72.5 Å². The number of esters is 1. The van der Waals surface area contributed by atoms with Crippen molar-refractivity contribution in [2.75, 3.05) is 35.4 Å². The van der Waals surface area contributed by atoms with Crippen LogP contribution < -0.4 is 0 Å². The summed E-state index contributed by atoms with van der Waals surface area (Å²) in [7, 11) is 8.92. The van der Waals surface area contributed by atoms with Gasteiger partial charge in [0.2, 0.25) is 0 Å². The van der Waals surface area contributed by atoms with Gasteiger partial charge in [-0.2, -0.15) is 0 Å². The van der Waals surface area contributed by atoms with Crippen LogP contribution in [0.5, 0.6) is 0 Å². The van der Waals surface area contributed by atoms with Crippen LogP contribution in [-0.4, -0.2) is 137 Å². The van der Waals surface area contributed by atoms with E-state index < -0.39 is 60.8 Å². The maximum Gasteiger partial charge on any atom is 0.306 e. The molecule has 3 aliphatic heterocycles. The van der Waals surface area contributed by atoms with E-state index in [0.29, 0.717) is 37.7 Å². The van der Waals surface area contributed by atoms with Gasteiger partial charge in [0.1, 0.15) is 24.4 Å². The number of ether oxygens (including phenoxy) is 8. The Hall–Kier alpha value is -2.17. The van der Waals surface area contributed by atoms with Crippen molar-refractivity contribution in [1.29, 1.82) is 0 Å². The number of rotatable bonds is 10. The van der Waals surface area contributed by atoms with Gasteiger partial charge in [0.05, 0.1) is 43.0 Å². The first-order valence-corrected chi connectivity index (χ1v) is 20.9. The van der Waals surface area contributed by atoms with Crippen LogP contribution in [0.1, 0.15) is 85.5 Å². The average molecular weight is 791 g/mol. The topological polar surface area (TPSA) is 180 Å². The van der Waals surface area contributed by atoms with Crippen LogP contribution in [-0.2, 0) is 47.5 Å². The first-order valence-electron chi connectivity index (χ1n) is 20.9. The number of nitrogens with zero attached hydrogens (tertiary/aromatic N) is 4. The highest BCUT2D eigenvalue weighted by atomic mass is 16.7. The number of azide groups is 1. The summed E-state index contributed by atoms with van der Waals surface area (Å²) >= 11 is 0. The van der Waals surface area contributed by atoms with Crippen LogP contribution in [0.4, 0.5) is 0 Å². The van der Waals surface area contributed by atoms with Crippen molar-refractivity contribution in [2.24, 2.45) is 40.6 Å². The van der Waals surface area contributed by atoms with Gasteiger partial charge in [-0.3, -0.25) is 9.59 Å². The number of carbonyl (C=O) groups is 2. The summed E-state index contributed by atoms with van der Waals surface area (Å²) in [4.78, 5) is 33.9. The van der Waals surface area contributed by atoms with Gasteiger partial charge >= 0.3 is 5.97 Å². The Labute approximate surface area is 332 Å². The number of carbonyl (C=O) groups excluding carboxylic acids is 2. The van der Waals surface area contributed by atoms with Crippen molar-refractivity contribution in [3.63, 3.8) is 0 Å². The van der Waals surface area contributed by atoms with Gasteiger partial charge in [0, 0.05) is 44.1 Å². The quantitative estimate of drug-likeness (QED) is 0.136. The molecule has 316 valence electrons. The van der Waals surface area contributed by atoms with Crippen molar-refractivity contribution >= 4 is 11.8 Å². The third-order valence-electron chi connectivity index (χ3n) is 14.0. The Kier molecular flexibility index (Phi) is 14.6. The molecular weight excluding hydrogens is 724 g/mol. The maximum absolute atomic E-state index is 14.9. The summed E-state index contributed by atoms with van der Waals surface area (Å²) < 4.78 is 49.4. The molecule has 0 aromatic heterocycles. The van der Waals surface area contributed by atoms with Gasteiger partial charge in [0.25, 0.3) is 0 Å². The SMILES string of the molecule is CC[C@H]1CCC[C@H](O[C@H]2CC[C@H](N(C)C)C(C)O2)[C@@H](C)C(=O)C2=C[C@H]3[C@@H]4C[C@H](O[C@@H]5OC(C)[C@H](OC)C(OC)[C@@H]5OC)C[C@H]4C(O)C(N=[N+]=[N-])[C@H]3[C@@H]2CC(=O)O1. The molecule has 2 saturated carbocycles. The normalized spacial score (nSPS) is 46.1. The molecule has 6 rings (SSSR count). The third kappa shape index (κ3) is 8.73. The van der Waals surface area contributed by atoms with Crippen molar-refractivity contribution in [2.45, 2.75) is 165 Å². The van der Waals surface area contributed by atoms with Gasteiger partial charge in [-0.25, -0.2) is 0 Å². The summed E-state index contributed by atoms with van der Waals surface area (Å²) in [6.45, 7) is 7.90. The number of allylic oxidation sites excluding steroid dienone is 2. The van der Waals surface area contributed by atoms with Crippen LogP contribution in [0.2, 0.25) is 0 Å². The van der Waals surface area contributed by atoms with Crippen molar-refractivity contribution in [3.05, 3.63) is 22.1 Å². The number of ketones is 1. The molecule has 5 unspecified atom stereocenters. The minimum absolute atomic E-state index is 0.0247. The highest BCUT2D eigenvalue weighted by molar-refractivity contribution is 5.99. The first kappa shape index (κ1) is 43.4. The third-order valence-corrected chi connectivity index (χ3v) is 14.0. The van der Waals surface area contributed by atoms with E-state index in [1.165, 1.54) is 0 Å². The molecule has 0 spiro atoms. The number of hydrogen-bond acceptors (Lipinski definition) is 13. The molecule has 5 fully saturated rings. The van der Waals surface area contributed by atoms with Gasteiger partial charge < -0.3 is 47.9 Å². The number of likely N-dealkylation sites (N-methyl/N-ethyl adjacent to an activating group) is 1. The molecule has 15 heteroatoms. The van der Waals surface area contributed by atoms with Crippen LogP contribution in [0.15, 0.2) is 16.8 Å². The van der Waals surface area contributed by atoms with Crippen molar-refractivity contribution in [1.82, 2.24) is 4.90 Å². The Morgan fingerprint density at radius 1 is 0.929 bits per heavy atom. The number of fused-ring (bicyclic) bond motifs is 5. The zero-order chi connectivity index (χ0) is 40.4. The average Bonchev–Trinajstić information content (AvgIpc) is 3.76. The van der Waals surface area contributed by atoms with Crippen molar-refractivity contribution < 1.29 is 52.6 Å². The summed E-state index contributed by atoms with van der Waals surface area (Å²) in [5.74, 6) is -2.72. The van der Waals surface area contributed by atoms with E-state index in [4.69, 9.17) is 37.9 Å². The maximum atomic E-state index is 14.9. The molecule has 15 nitrogen and oxygen atoms in total. The number of aliphatic hydroxyl groups is 1. The lowest BCUT2D eigenvalue weighted by Crippen LogP contribution is -2.59. The van der Waals surface area contributed by atoms with E-state index in [1.807, 2.05) is 26.8 Å². The van der Waals surface area contributed by atoms with E-state index in [9.17, 15) is 20.2 Å². The number of cyclic esters (lactones) is 1. The van der Waals surface area contributed by atoms with Gasteiger partial charge in [-0.05, 0) is 114 Å². The van der Waals surface area contributed by atoms with Crippen LogP contribution >= 0.6 is 0 Å². The lowest BCUT2D eigenvalue weighted by Gasteiger charge is -2.45. The summed E-state index contributed by atoms with van der Waals surface area (Å²) in [6, 6.07) is -0.575. The van der Waals surface area contributed by atoms with Crippen molar-refractivity contribution in [3.8, 4) is 0 Å². The minimum atomic E-state index is -1.01. The molecule has 3 saturated heterocycles. The Morgan fingerprint density at radius 2 is 1.64 bits per heavy atom. The second kappa shape index (κ2) is 18.8. The second-order valence-electron chi connectivity index (χ2n) is 17.3. The first-order chi connectivity index (χ1) is 26.8. The molecule has 3 heterocycles. The van der Waals surface area contributed by atoms with Crippen LogP contribution in [0.25, 0.3) is 10.4 Å². The number of hydrogen-bond donors (Lipinski definition) is 1. The minimum Gasteiger partial charge on any atom is -0.462 e. The molecule has 0 aromatic carbocycles. The van der Waals surface area contributed by atoms with Gasteiger partial charge in [0.15, 0.2) is 18.4 Å². The summed E-state index contributed by atoms with van der Waals surface area (Å²) in [5.41, 5.74) is 10.3. The van der Waals surface area contributed by atoms with Gasteiger partial charge in [-0.1, -0.05) is 25.0 Å². The van der Waals surface area contributed by atoms with Crippen LogP contribution in [0.3, 0.4) is 0 Å². The highest BCUT2D eigenvalue weighted by Gasteiger charge is 2.59. The molecule has 0 bridgehead atoms. The predicted octanol–water partition coefficient (Wildman–Crippen LogP) is 4.97. The standard InChI is InChI=1S/C41H66N4O11/c1-10-23-12-11-13-31(56-33-15-14-30(45(5)6)21(3)52-33)20(2)36(47)29-18-26-25-16-24(55-41-40(51-9)39(50-8)38(49-7)22(4)53-41)17-28(25)37(48)35(43-44-42)34(26)27(29)19-32(46)54-23/h18,20-28,30-31,33-35,37-41,48H,10-17,19H2,1-9H3/t20-,21?,22?,23+,24+,25+,26+,27-,28-,30+,31+,33+,34-,35?,37?,38+,39?,40+,41+/m1/s1. The smallest absolute Gasteiger partial charge is 0.306 e. The molecule has 56 heavy (non-hydrogen) atoms. The fourth-order valence-electron chi connectivity index (χ4n) is 11.2. The molecule has 19 atom stereocenters. The summed E-state index contributed by atoms with van der Waals surface area (Å²) in [6.07, 6.45) is 2.44.